The second-order valence-corrected chi connectivity index (χ2v) is 6.39. The van der Waals surface area contributed by atoms with Crippen LogP contribution in [-0.2, 0) is 7.05 Å². The third-order valence-corrected chi connectivity index (χ3v) is 4.74. The van der Waals surface area contributed by atoms with Crippen LogP contribution in [0.1, 0.15) is 47.7 Å². The molecule has 1 N–H and O–H groups in total. The molecule has 1 aliphatic heterocycles. The number of nitrogens with zero attached hydrogens (tertiary/aromatic N) is 5. The molecule has 1 fully saturated rings. The average molecular weight is 329 g/mol. The van der Waals surface area contributed by atoms with E-state index in [1.165, 1.54) is 6.92 Å². The second kappa shape index (κ2) is 6.68. The van der Waals surface area contributed by atoms with Gasteiger partial charge in [0.2, 0.25) is 5.95 Å². The Labute approximate surface area is 141 Å². The first-order valence-electron chi connectivity index (χ1n) is 8.22. The van der Waals surface area contributed by atoms with Crippen LogP contribution in [-0.4, -0.2) is 43.5 Å². The van der Waals surface area contributed by atoms with Crippen molar-refractivity contribution in [1.82, 2.24) is 19.5 Å². The molecule has 128 valence electrons. The van der Waals surface area contributed by atoms with E-state index in [9.17, 15) is 9.90 Å². The van der Waals surface area contributed by atoms with E-state index in [4.69, 9.17) is 0 Å². The number of carbonyl (C=O) groups excluding carboxylic acids is 1. The smallest absolute Gasteiger partial charge is 0.225 e. The number of aliphatic hydroxyl groups is 1. The minimum atomic E-state index is -0.546. The van der Waals surface area contributed by atoms with Crippen molar-refractivity contribution in [2.75, 3.05) is 18.0 Å². The van der Waals surface area contributed by atoms with Gasteiger partial charge in [0.1, 0.15) is 11.9 Å². The van der Waals surface area contributed by atoms with E-state index in [1.54, 1.807) is 12.4 Å². The van der Waals surface area contributed by atoms with Gasteiger partial charge in [-0.1, -0.05) is 0 Å². The molecule has 3 rings (SSSR count). The van der Waals surface area contributed by atoms with Crippen LogP contribution in [0.3, 0.4) is 0 Å². The molecule has 1 saturated heterocycles. The lowest BCUT2D eigenvalue weighted by molar-refractivity contribution is 0.0823. The number of hydrogen-bond donors (Lipinski definition) is 1. The van der Waals surface area contributed by atoms with Crippen molar-refractivity contribution in [1.29, 1.82) is 0 Å². The fourth-order valence-electron chi connectivity index (χ4n) is 3.24. The number of carbonyl (C=O) groups is 1. The van der Waals surface area contributed by atoms with Crippen LogP contribution in [0.4, 0.5) is 5.95 Å². The van der Waals surface area contributed by atoms with Gasteiger partial charge in [-0.15, -0.1) is 0 Å². The van der Waals surface area contributed by atoms with Gasteiger partial charge in [-0.3, -0.25) is 4.79 Å². The summed E-state index contributed by atoms with van der Waals surface area (Å²) in [5, 5.41) is 10.5. The molecule has 0 radical (unpaired) electrons. The second-order valence-electron chi connectivity index (χ2n) is 6.39. The number of aryl methyl sites for hydroxylation is 2. The Kier molecular flexibility index (Phi) is 4.62. The van der Waals surface area contributed by atoms with Crippen molar-refractivity contribution in [3.8, 4) is 0 Å². The highest BCUT2D eigenvalue weighted by molar-refractivity contribution is 5.94. The number of aliphatic hydroxyl groups excluding tert-OH is 1. The van der Waals surface area contributed by atoms with Gasteiger partial charge < -0.3 is 14.6 Å². The molecule has 0 aromatic carbocycles. The average Bonchev–Trinajstić information content (AvgIpc) is 3.00. The summed E-state index contributed by atoms with van der Waals surface area (Å²) in [5.41, 5.74) is 1.28. The summed E-state index contributed by atoms with van der Waals surface area (Å²) in [6.45, 7) is 4.92. The van der Waals surface area contributed by atoms with Crippen LogP contribution in [0.5, 0.6) is 0 Å². The largest absolute Gasteiger partial charge is 0.385 e. The topological polar surface area (TPSA) is 84.1 Å². The molecule has 0 amide bonds. The zero-order valence-corrected chi connectivity index (χ0v) is 14.3. The van der Waals surface area contributed by atoms with Crippen LogP contribution in [0.25, 0.3) is 0 Å². The maximum Gasteiger partial charge on any atom is 0.225 e. The monoisotopic (exact) mass is 329 g/mol. The molecule has 1 aliphatic rings. The molecular weight excluding hydrogens is 306 g/mol. The van der Waals surface area contributed by atoms with E-state index in [1.807, 2.05) is 24.7 Å². The van der Waals surface area contributed by atoms with Crippen molar-refractivity contribution in [2.45, 2.75) is 32.8 Å². The summed E-state index contributed by atoms with van der Waals surface area (Å²) < 4.78 is 1.87. The number of hydrogen-bond acceptors (Lipinski definition) is 6. The molecule has 24 heavy (non-hydrogen) atoms. The minimum absolute atomic E-state index is 0.0176. The lowest BCUT2D eigenvalue weighted by Gasteiger charge is -2.34. The normalized spacial score (nSPS) is 17.1. The molecule has 3 heterocycles. The molecular formula is C17H23N5O2. The van der Waals surface area contributed by atoms with E-state index in [0.717, 1.165) is 25.9 Å². The number of rotatable bonds is 4. The summed E-state index contributed by atoms with van der Waals surface area (Å²) >= 11 is 0. The lowest BCUT2D eigenvalue weighted by Crippen LogP contribution is -2.37. The van der Waals surface area contributed by atoms with Crippen LogP contribution < -0.4 is 4.90 Å². The molecule has 0 aliphatic carbocycles. The fraction of sp³-hybridized carbons (Fsp3) is 0.529. The summed E-state index contributed by atoms with van der Waals surface area (Å²) in [5.74, 6) is 1.53. The molecule has 0 saturated carbocycles. The molecule has 1 atom stereocenters. The van der Waals surface area contributed by atoms with Crippen molar-refractivity contribution in [2.24, 2.45) is 13.0 Å². The van der Waals surface area contributed by atoms with Crippen molar-refractivity contribution < 1.29 is 9.90 Å². The SMILES string of the molecule is CC(=O)c1cnc(N2CCC(C(O)c3nccn3C)CC2)nc1C. The maximum atomic E-state index is 11.5. The Morgan fingerprint density at radius 1 is 1.33 bits per heavy atom. The Bertz CT molecular complexity index is 734. The van der Waals surface area contributed by atoms with Crippen molar-refractivity contribution in [3.05, 3.63) is 35.7 Å². The van der Waals surface area contributed by atoms with Gasteiger partial charge in [-0.2, -0.15) is 0 Å². The quantitative estimate of drug-likeness (QED) is 0.859. The molecule has 2 aromatic rings. The van der Waals surface area contributed by atoms with Crippen LogP contribution in [0.15, 0.2) is 18.6 Å². The van der Waals surface area contributed by atoms with E-state index < -0.39 is 6.10 Å². The van der Waals surface area contributed by atoms with E-state index in [2.05, 4.69) is 19.9 Å². The first-order valence-corrected chi connectivity index (χ1v) is 8.22. The molecule has 1 unspecified atom stereocenters. The molecule has 0 spiro atoms. The van der Waals surface area contributed by atoms with Gasteiger partial charge in [0, 0.05) is 38.7 Å². The van der Waals surface area contributed by atoms with Crippen LogP contribution in [0.2, 0.25) is 0 Å². The highest BCUT2D eigenvalue weighted by Gasteiger charge is 2.29. The van der Waals surface area contributed by atoms with Gasteiger partial charge in [0.25, 0.3) is 0 Å². The standard InChI is InChI=1S/C17H23N5O2/c1-11-14(12(2)23)10-19-17(20-11)22-7-4-13(5-8-22)15(24)16-18-6-9-21(16)3/h6,9-10,13,15,24H,4-5,7-8H2,1-3H3. The summed E-state index contributed by atoms with van der Waals surface area (Å²) in [7, 11) is 1.90. The van der Waals surface area contributed by atoms with E-state index in [0.29, 0.717) is 23.0 Å². The van der Waals surface area contributed by atoms with Gasteiger partial charge in [-0.05, 0) is 32.6 Å². The number of Topliss-reactive ketones (excluding diaryl/α,β-unsaturated/α-hetero) is 1. The molecule has 2 aromatic heterocycles. The number of ketones is 1. The Morgan fingerprint density at radius 3 is 2.58 bits per heavy atom. The van der Waals surface area contributed by atoms with Crippen molar-refractivity contribution >= 4 is 11.7 Å². The predicted octanol–water partition coefficient (Wildman–Crippen LogP) is 1.67. The number of imidazole rings is 1. The minimum Gasteiger partial charge on any atom is -0.385 e. The Morgan fingerprint density at radius 2 is 2.04 bits per heavy atom. The molecule has 7 nitrogen and oxygen atoms in total. The summed E-state index contributed by atoms with van der Waals surface area (Å²) in [6.07, 6.45) is 6.32. The fourth-order valence-corrected chi connectivity index (χ4v) is 3.24. The highest BCUT2D eigenvalue weighted by atomic mass is 16.3. The van der Waals surface area contributed by atoms with Gasteiger partial charge in [0.05, 0.1) is 11.3 Å². The zero-order valence-electron chi connectivity index (χ0n) is 14.3. The zero-order chi connectivity index (χ0) is 17.3. The number of piperidine rings is 1. The Hall–Kier alpha value is -2.28. The van der Waals surface area contributed by atoms with E-state index >= 15 is 0 Å². The first-order chi connectivity index (χ1) is 11.5. The van der Waals surface area contributed by atoms with Gasteiger partial charge >= 0.3 is 0 Å². The van der Waals surface area contributed by atoms with Gasteiger partial charge in [0.15, 0.2) is 5.78 Å². The first kappa shape index (κ1) is 16.6. The number of anilines is 1. The number of aromatic nitrogens is 4. The maximum absolute atomic E-state index is 11.5. The predicted molar refractivity (Wildman–Crippen MR) is 89.9 cm³/mol. The van der Waals surface area contributed by atoms with Crippen LogP contribution in [0, 0.1) is 12.8 Å². The van der Waals surface area contributed by atoms with Gasteiger partial charge in [-0.25, -0.2) is 15.0 Å². The van der Waals surface area contributed by atoms with Crippen LogP contribution >= 0.6 is 0 Å². The highest BCUT2D eigenvalue weighted by Crippen LogP contribution is 2.30. The van der Waals surface area contributed by atoms with E-state index in [-0.39, 0.29) is 11.7 Å². The third kappa shape index (κ3) is 3.17. The molecule has 0 bridgehead atoms. The molecule has 7 heteroatoms. The summed E-state index contributed by atoms with van der Waals surface area (Å²) in [4.78, 5) is 26.6. The third-order valence-electron chi connectivity index (χ3n) is 4.74. The lowest BCUT2D eigenvalue weighted by atomic mass is 9.91. The summed E-state index contributed by atoms with van der Waals surface area (Å²) in [6, 6.07) is 0. The van der Waals surface area contributed by atoms with Crippen molar-refractivity contribution in [3.63, 3.8) is 0 Å². The Balaban J connectivity index is 1.66.